The molecule has 5 heteroatoms. The average Bonchev–Trinajstić information content (AvgIpc) is 2.44. The number of benzene rings is 2. The molecular formula is C15H15BrN2O2. The molecule has 104 valence electrons. The van der Waals surface area contributed by atoms with E-state index in [4.69, 9.17) is 10.5 Å². The molecule has 0 bridgehead atoms. The van der Waals surface area contributed by atoms with Gasteiger partial charge < -0.3 is 15.8 Å². The molecule has 20 heavy (non-hydrogen) atoms. The van der Waals surface area contributed by atoms with Crippen LogP contribution in [-0.4, -0.2) is 13.0 Å². The molecule has 2 aromatic carbocycles. The third kappa shape index (κ3) is 3.51. The largest absolute Gasteiger partial charge is 0.497 e. The summed E-state index contributed by atoms with van der Waals surface area (Å²) in [5.74, 6) is 0.427. The number of rotatable bonds is 4. The normalized spacial score (nSPS) is 10.1. The van der Waals surface area contributed by atoms with Crippen LogP contribution in [0.4, 0.5) is 5.69 Å². The number of carbonyl (C=O) groups excluding carboxylic acids is 1. The van der Waals surface area contributed by atoms with Gasteiger partial charge in [0.1, 0.15) is 5.75 Å². The number of nitrogens with two attached hydrogens (primary N) is 1. The Morgan fingerprint density at radius 1 is 1.30 bits per heavy atom. The van der Waals surface area contributed by atoms with Gasteiger partial charge in [-0.15, -0.1) is 0 Å². The highest BCUT2D eigenvalue weighted by Gasteiger charge is 2.10. The molecule has 0 radical (unpaired) electrons. The summed E-state index contributed by atoms with van der Waals surface area (Å²) in [5.41, 5.74) is 7.70. The molecule has 0 aliphatic heterocycles. The van der Waals surface area contributed by atoms with Gasteiger partial charge in [-0.3, -0.25) is 4.79 Å². The summed E-state index contributed by atoms with van der Waals surface area (Å²) in [6, 6.07) is 12.8. The number of ether oxygens (including phenoxy) is 1. The molecule has 4 nitrogen and oxygen atoms in total. The van der Waals surface area contributed by atoms with Crippen molar-refractivity contribution in [3.63, 3.8) is 0 Å². The van der Waals surface area contributed by atoms with Gasteiger partial charge in [0.05, 0.1) is 12.7 Å². The molecule has 0 atom stereocenters. The lowest BCUT2D eigenvalue weighted by Crippen LogP contribution is -2.23. The number of nitrogens with one attached hydrogen (secondary N) is 1. The van der Waals surface area contributed by atoms with E-state index in [-0.39, 0.29) is 5.91 Å². The highest BCUT2D eigenvalue weighted by molar-refractivity contribution is 9.10. The highest BCUT2D eigenvalue weighted by atomic mass is 79.9. The van der Waals surface area contributed by atoms with Crippen molar-refractivity contribution in [2.24, 2.45) is 0 Å². The smallest absolute Gasteiger partial charge is 0.253 e. The van der Waals surface area contributed by atoms with Gasteiger partial charge in [-0.25, -0.2) is 0 Å². The predicted molar refractivity (Wildman–Crippen MR) is 82.7 cm³/mol. The van der Waals surface area contributed by atoms with Crippen LogP contribution in [-0.2, 0) is 6.54 Å². The zero-order chi connectivity index (χ0) is 14.5. The second-order valence-electron chi connectivity index (χ2n) is 4.27. The Balaban J connectivity index is 2.05. The fourth-order valence-electron chi connectivity index (χ4n) is 1.80. The molecule has 0 saturated heterocycles. The summed E-state index contributed by atoms with van der Waals surface area (Å²) < 4.78 is 6.04. The van der Waals surface area contributed by atoms with Crippen molar-refractivity contribution in [2.75, 3.05) is 12.8 Å². The number of hydrogen-bond donors (Lipinski definition) is 2. The molecule has 3 N–H and O–H groups in total. The van der Waals surface area contributed by atoms with Crippen LogP contribution in [0.2, 0.25) is 0 Å². The van der Waals surface area contributed by atoms with Crippen LogP contribution in [0.25, 0.3) is 0 Å². The van der Waals surface area contributed by atoms with E-state index in [0.29, 0.717) is 23.5 Å². The van der Waals surface area contributed by atoms with Crippen molar-refractivity contribution in [3.05, 3.63) is 58.1 Å². The topological polar surface area (TPSA) is 64.3 Å². The maximum atomic E-state index is 12.1. The monoisotopic (exact) mass is 334 g/mol. The predicted octanol–water partition coefficient (Wildman–Crippen LogP) is 2.97. The van der Waals surface area contributed by atoms with E-state index in [1.54, 1.807) is 25.3 Å². The van der Waals surface area contributed by atoms with Gasteiger partial charge in [0.2, 0.25) is 0 Å². The molecule has 0 aromatic heterocycles. The zero-order valence-corrected chi connectivity index (χ0v) is 12.6. The molecule has 1 amide bonds. The van der Waals surface area contributed by atoms with Gasteiger partial charge in [-0.05, 0) is 29.8 Å². The Hall–Kier alpha value is -2.01. The molecule has 2 aromatic rings. The van der Waals surface area contributed by atoms with Crippen molar-refractivity contribution >= 4 is 27.5 Å². The van der Waals surface area contributed by atoms with Gasteiger partial charge >= 0.3 is 0 Å². The molecule has 0 saturated carbocycles. The van der Waals surface area contributed by atoms with Crippen LogP contribution in [0.15, 0.2) is 46.9 Å². The van der Waals surface area contributed by atoms with Crippen LogP contribution in [0.1, 0.15) is 15.9 Å². The summed E-state index contributed by atoms with van der Waals surface area (Å²) in [7, 11) is 1.56. The Kier molecular flexibility index (Phi) is 4.63. The minimum atomic E-state index is -0.204. The quantitative estimate of drug-likeness (QED) is 0.845. The van der Waals surface area contributed by atoms with E-state index in [9.17, 15) is 4.79 Å². The number of anilines is 1. The number of amides is 1. The summed E-state index contributed by atoms with van der Waals surface area (Å²) in [5, 5.41) is 2.84. The van der Waals surface area contributed by atoms with Gasteiger partial charge in [-0.1, -0.05) is 28.1 Å². The van der Waals surface area contributed by atoms with E-state index >= 15 is 0 Å². The second kappa shape index (κ2) is 6.43. The first-order valence-electron chi connectivity index (χ1n) is 6.06. The SMILES string of the molecule is COc1ccc(C(=O)NCc2cccc(Br)c2)c(N)c1. The molecule has 0 aliphatic carbocycles. The fraction of sp³-hybridized carbons (Fsp3) is 0.133. The van der Waals surface area contributed by atoms with Crippen LogP contribution in [0.5, 0.6) is 5.75 Å². The van der Waals surface area contributed by atoms with Crippen molar-refractivity contribution in [2.45, 2.75) is 6.54 Å². The van der Waals surface area contributed by atoms with Crippen LogP contribution < -0.4 is 15.8 Å². The molecule has 0 aliphatic rings. The van der Waals surface area contributed by atoms with Crippen molar-refractivity contribution < 1.29 is 9.53 Å². The molecule has 0 spiro atoms. The Morgan fingerprint density at radius 2 is 2.10 bits per heavy atom. The standard InChI is InChI=1S/C15H15BrN2O2/c1-20-12-5-6-13(14(17)8-12)15(19)18-9-10-3-2-4-11(16)7-10/h2-8H,9,17H2,1H3,(H,18,19). The van der Waals surface area contributed by atoms with E-state index in [1.807, 2.05) is 24.3 Å². The zero-order valence-electron chi connectivity index (χ0n) is 11.0. The van der Waals surface area contributed by atoms with E-state index in [0.717, 1.165) is 10.0 Å². The molecule has 0 unspecified atom stereocenters. The summed E-state index contributed by atoms with van der Waals surface area (Å²) in [6.07, 6.45) is 0. The maximum Gasteiger partial charge on any atom is 0.253 e. The molecular weight excluding hydrogens is 320 g/mol. The van der Waals surface area contributed by atoms with Crippen LogP contribution >= 0.6 is 15.9 Å². The third-order valence-corrected chi connectivity index (χ3v) is 3.34. The minimum Gasteiger partial charge on any atom is -0.497 e. The van der Waals surface area contributed by atoms with Crippen LogP contribution in [0, 0.1) is 0 Å². The van der Waals surface area contributed by atoms with Crippen molar-refractivity contribution in [3.8, 4) is 5.75 Å². The first kappa shape index (κ1) is 14.4. The van der Waals surface area contributed by atoms with Crippen LogP contribution in [0.3, 0.4) is 0 Å². The summed E-state index contributed by atoms with van der Waals surface area (Å²) >= 11 is 3.39. The first-order valence-corrected chi connectivity index (χ1v) is 6.85. The van der Waals surface area contributed by atoms with Gasteiger partial charge in [-0.2, -0.15) is 0 Å². The second-order valence-corrected chi connectivity index (χ2v) is 5.18. The van der Waals surface area contributed by atoms with Gasteiger partial charge in [0, 0.05) is 22.8 Å². The highest BCUT2D eigenvalue weighted by Crippen LogP contribution is 2.19. The minimum absolute atomic E-state index is 0.204. The number of hydrogen-bond acceptors (Lipinski definition) is 3. The lowest BCUT2D eigenvalue weighted by Gasteiger charge is -2.09. The van der Waals surface area contributed by atoms with E-state index in [2.05, 4.69) is 21.2 Å². The van der Waals surface area contributed by atoms with E-state index in [1.165, 1.54) is 0 Å². The summed E-state index contributed by atoms with van der Waals surface area (Å²) in [6.45, 7) is 0.448. The molecule has 0 fully saturated rings. The number of carbonyl (C=O) groups is 1. The maximum absolute atomic E-state index is 12.1. The fourth-order valence-corrected chi connectivity index (χ4v) is 2.25. The number of halogens is 1. The first-order chi connectivity index (χ1) is 9.60. The molecule has 2 rings (SSSR count). The Bertz CT molecular complexity index is 629. The van der Waals surface area contributed by atoms with Gasteiger partial charge in [0.15, 0.2) is 0 Å². The third-order valence-electron chi connectivity index (χ3n) is 2.85. The Morgan fingerprint density at radius 3 is 2.75 bits per heavy atom. The Labute approximate surface area is 126 Å². The van der Waals surface area contributed by atoms with Crippen molar-refractivity contribution in [1.29, 1.82) is 0 Å². The van der Waals surface area contributed by atoms with E-state index < -0.39 is 0 Å². The summed E-state index contributed by atoms with van der Waals surface area (Å²) in [4.78, 5) is 12.1. The van der Waals surface area contributed by atoms with Crippen molar-refractivity contribution in [1.82, 2.24) is 5.32 Å². The van der Waals surface area contributed by atoms with Gasteiger partial charge in [0.25, 0.3) is 5.91 Å². The lowest BCUT2D eigenvalue weighted by atomic mass is 10.1. The number of methoxy groups -OCH3 is 1. The molecule has 0 heterocycles. The lowest BCUT2D eigenvalue weighted by molar-refractivity contribution is 0.0952. The number of nitrogen functional groups attached to an aromatic ring is 1. The average molecular weight is 335 g/mol.